The highest BCUT2D eigenvalue weighted by Gasteiger charge is 2.31. The number of benzene rings is 3. The van der Waals surface area contributed by atoms with Crippen LogP contribution in [-0.2, 0) is 10.0 Å². The van der Waals surface area contributed by atoms with Crippen molar-refractivity contribution in [2.75, 3.05) is 11.9 Å². The first kappa shape index (κ1) is 23.5. The summed E-state index contributed by atoms with van der Waals surface area (Å²) >= 11 is 1.46. The Hall–Kier alpha value is -3.27. The van der Waals surface area contributed by atoms with Gasteiger partial charge in [0.25, 0.3) is 5.91 Å². The van der Waals surface area contributed by atoms with E-state index in [1.165, 1.54) is 41.7 Å². The Morgan fingerprint density at radius 2 is 1.86 bits per heavy atom. The SMILES string of the molecule is C[C@H]1CCCCN1S(=O)(=O)c1ccc(C(=O)Nc2ccc(O)c(-c3nc4ccccc4s3)c2)cc1. The molecule has 1 aromatic heterocycles. The fourth-order valence-electron chi connectivity index (χ4n) is 4.32. The molecule has 1 amide bonds. The van der Waals surface area contributed by atoms with Crippen molar-refractivity contribution in [3.8, 4) is 16.3 Å². The van der Waals surface area contributed by atoms with Crippen molar-refractivity contribution in [2.45, 2.75) is 37.1 Å². The molecule has 7 nitrogen and oxygen atoms in total. The van der Waals surface area contributed by atoms with Crippen molar-refractivity contribution in [3.63, 3.8) is 0 Å². The molecule has 0 unspecified atom stereocenters. The molecule has 1 aliphatic heterocycles. The van der Waals surface area contributed by atoms with Crippen LogP contribution >= 0.6 is 11.3 Å². The lowest BCUT2D eigenvalue weighted by Crippen LogP contribution is -2.41. The van der Waals surface area contributed by atoms with Gasteiger partial charge in [0.05, 0.1) is 20.7 Å². The van der Waals surface area contributed by atoms with Gasteiger partial charge in [-0.2, -0.15) is 4.31 Å². The Morgan fingerprint density at radius 3 is 2.60 bits per heavy atom. The molecule has 2 N–H and O–H groups in total. The van der Waals surface area contributed by atoms with Gasteiger partial charge in [0.1, 0.15) is 10.8 Å². The van der Waals surface area contributed by atoms with E-state index in [1.54, 1.807) is 16.4 Å². The number of sulfonamides is 1. The highest BCUT2D eigenvalue weighted by atomic mass is 32.2. The summed E-state index contributed by atoms with van der Waals surface area (Å²) in [5.74, 6) is -0.301. The number of hydrogen-bond donors (Lipinski definition) is 2. The standard InChI is InChI=1S/C26H25N3O4S2/c1-17-6-4-5-15-29(17)35(32,33)20-12-9-18(10-13-20)25(31)27-19-11-14-23(30)21(16-19)26-28-22-7-2-3-8-24(22)34-26/h2-3,7-14,16-17,30H,4-6,15H2,1H3,(H,27,31)/t17-/m0/s1. The van der Waals surface area contributed by atoms with Crippen molar-refractivity contribution in [1.29, 1.82) is 0 Å². The van der Waals surface area contributed by atoms with Gasteiger partial charge in [-0.3, -0.25) is 4.79 Å². The summed E-state index contributed by atoms with van der Waals surface area (Å²) in [7, 11) is -3.60. The van der Waals surface area contributed by atoms with Crippen molar-refractivity contribution >= 4 is 43.2 Å². The number of phenols is 1. The Labute approximate surface area is 208 Å². The summed E-state index contributed by atoms with van der Waals surface area (Å²) in [5.41, 5.74) is 2.21. The second-order valence-electron chi connectivity index (χ2n) is 8.66. The average molecular weight is 508 g/mol. The Bertz CT molecular complexity index is 1460. The molecule has 1 fully saturated rings. The van der Waals surface area contributed by atoms with Gasteiger partial charge in [-0.15, -0.1) is 11.3 Å². The van der Waals surface area contributed by atoms with Gasteiger partial charge in [-0.25, -0.2) is 13.4 Å². The summed E-state index contributed by atoms with van der Waals surface area (Å²) < 4.78 is 28.6. The maximum Gasteiger partial charge on any atom is 0.255 e. The molecule has 2 heterocycles. The number of fused-ring (bicyclic) bond motifs is 1. The third-order valence-electron chi connectivity index (χ3n) is 6.24. The Kier molecular flexibility index (Phi) is 6.31. The smallest absolute Gasteiger partial charge is 0.255 e. The highest BCUT2D eigenvalue weighted by molar-refractivity contribution is 7.89. The van der Waals surface area contributed by atoms with Crippen LogP contribution < -0.4 is 5.32 Å². The van der Waals surface area contributed by atoms with E-state index in [9.17, 15) is 18.3 Å². The minimum atomic E-state index is -3.60. The summed E-state index contributed by atoms with van der Waals surface area (Å²) in [6, 6.07) is 18.5. The Balaban J connectivity index is 1.35. The first-order valence-corrected chi connectivity index (χ1v) is 13.7. The average Bonchev–Trinajstić information content (AvgIpc) is 3.29. The van der Waals surface area contributed by atoms with E-state index in [2.05, 4.69) is 10.3 Å². The second-order valence-corrected chi connectivity index (χ2v) is 11.6. The van der Waals surface area contributed by atoms with Crippen LogP contribution in [0.4, 0.5) is 5.69 Å². The fraction of sp³-hybridized carbons (Fsp3) is 0.231. The number of thiazole rings is 1. The molecule has 180 valence electrons. The van der Waals surface area contributed by atoms with E-state index in [-0.39, 0.29) is 22.6 Å². The molecular weight excluding hydrogens is 482 g/mol. The van der Waals surface area contributed by atoms with Gasteiger partial charge in [-0.05, 0) is 74.4 Å². The number of aromatic nitrogens is 1. The summed E-state index contributed by atoms with van der Waals surface area (Å²) in [6.07, 6.45) is 2.74. The number of amides is 1. The number of carbonyl (C=O) groups is 1. The summed E-state index contributed by atoms with van der Waals surface area (Å²) in [5, 5.41) is 13.9. The zero-order chi connectivity index (χ0) is 24.6. The van der Waals surface area contributed by atoms with Crippen molar-refractivity contribution < 1.29 is 18.3 Å². The fourth-order valence-corrected chi connectivity index (χ4v) is 7.01. The zero-order valence-electron chi connectivity index (χ0n) is 19.1. The number of nitrogens with zero attached hydrogens (tertiary/aromatic N) is 2. The van der Waals surface area contributed by atoms with Crippen molar-refractivity contribution in [3.05, 3.63) is 72.3 Å². The first-order chi connectivity index (χ1) is 16.8. The molecular formula is C26H25N3O4S2. The van der Waals surface area contributed by atoms with E-state index in [4.69, 9.17) is 0 Å². The van der Waals surface area contributed by atoms with Crippen molar-refractivity contribution in [1.82, 2.24) is 9.29 Å². The second kappa shape index (κ2) is 9.41. The van der Waals surface area contributed by atoms with E-state index in [0.717, 1.165) is 29.5 Å². The van der Waals surface area contributed by atoms with E-state index < -0.39 is 10.0 Å². The minimum absolute atomic E-state index is 0.0316. The molecule has 5 rings (SSSR count). The molecule has 4 aromatic rings. The maximum absolute atomic E-state index is 13.0. The molecule has 0 radical (unpaired) electrons. The van der Waals surface area contributed by atoms with Crippen LogP contribution in [0.3, 0.4) is 0 Å². The number of hydrogen-bond acceptors (Lipinski definition) is 6. The number of rotatable bonds is 5. The minimum Gasteiger partial charge on any atom is -0.507 e. The van der Waals surface area contributed by atoms with Gasteiger partial charge in [0.2, 0.25) is 10.0 Å². The van der Waals surface area contributed by atoms with Gasteiger partial charge < -0.3 is 10.4 Å². The van der Waals surface area contributed by atoms with E-state index >= 15 is 0 Å². The van der Waals surface area contributed by atoms with Crippen LogP contribution in [0.1, 0.15) is 36.5 Å². The first-order valence-electron chi connectivity index (χ1n) is 11.5. The topological polar surface area (TPSA) is 99.6 Å². The van der Waals surface area contributed by atoms with Crippen molar-refractivity contribution in [2.24, 2.45) is 0 Å². The molecule has 1 aliphatic rings. The zero-order valence-corrected chi connectivity index (χ0v) is 20.8. The number of piperidine rings is 1. The number of anilines is 1. The van der Waals surface area contributed by atoms with Crippen LogP contribution in [0.25, 0.3) is 20.8 Å². The lowest BCUT2D eigenvalue weighted by molar-refractivity contribution is 0.102. The number of para-hydroxylation sites is 1. The third kappa shape index (κ3) is 4.67. The summed E-state index contributed by atoms with van der Waals surface area (Å²) in [6.45, 7) is 2.45. The Morgan fingerprint density at radius 1 is 1.09 bits per heavy atom. The monoisotopic (exact) mass is 507 g/mol. The van der Waals surface area contributed by atoms with Gasteiger partial charge in [0.15, 0.2) is 0 Å². The van der Waals surface area contributed by atoms with Crippen LogP contribution in [-0.4, -0.2) is 41.3 Å². The largest absolute Gasteiger partial charge is 0.507 e. The quantitative estimate of drug-likeness (QED) is 0.348. The predicted molar refractivity (Wildman–Crippen MR) is 138 cm³/mol. The van der Waals surface area contributed by atoms with Crippen LogP contribution in [0.15, 0.2) is 71.6 Å². The number of carbonyl (C=O) groups excluding carboxylic acids is 1. The number of aromatic hydroxyl groups is 1. The molecule has 3 aromatic carbocycles. The molecule has 0 bridgehead atoms. The van der Waals surface area contributed by atoms with E-state index in [1.807, 2.05) is 31.2 Å². The van der Waals surface area contributed by atoms with Gasteiger partial charge in [-0.1, -0.05) is 18.6 Å². The van der Waals surface area contributed by atoms with Crippen LogP contribution in [0, 0.1) is 0 Å². The van der Waals surface area contributed by atoms with Gasteiger partial charge in [0, 0.05) is 23.8 Å². The molecule has 0 spiro atoms. The highest BCUT2D eigenvalue weighted by Crippen LogP contribution is 2.37. The lowest BCUT2D eigenvalue weighted by atomic mass is 10.1. The number of phenolic OH excluding ortho intramolecular Hbond substituents is 1. The molecule has 1 atom stereocenters. The molecule has 0 saturated carbocycles. The lowest BCUT2D eigenvalue weighted by Gasteiger charge is -2.32. The normalized spacial score (nSPS) is 16.9. The summed E-state index contributed by atoms with van der Waals surface area (Å²) in [4.78, 5) is 17.6. The van der Waals surface area contributed by atoms with E-state index in [0.29, 0.717) is 28.4 Å². The predicted octanol–water partition coefficient (Wildman–Crippen LogP) is 5.48. The van der Waals surface area contributed by atoms with Crippen LogP contribution in [0.2, 0.25) is 0 Å². The molecule has 1 saturated heterocycles. The molecule has 35 heavy (non-hydrogen) atoms. The molecule has 9 heteroatoms. The van der Waals surface area contributed by atoms with Gasteiger partial charge >= 0.3 is 0 Å². The molecule has 0 aliphatic carbocycles. The maximum atomic E-state index is 13.0. The van der Waals surface area contributed by atoms with Crippen LogP contribution in [0.5, 0.6) is 5.75 Å². The third-order valence-corrected chi connectivity index (χ3v) is 9.34. The number of nitrogens with one attached hydrogen (secondary N) is 1.